The van der Waals surface area contributed by atoms with E-state index in [0.29, 0.717) is 30.4 Å². The smallest absolute Gasteiger partial charge is 0.201 e. The van der Waals surface area contributed by atoms with E-state index in [1.165, 1.54) is 30.3 Å². The normalized spacial score (nSPS) is 18.4. The van der Waals surface area contributed by atoms with Gasteiger partial charge in [0.15, 0.2) is 23.2 Å². The van der Waals surface area contributed by atoms with E-state index >= 15 is 8.78 Å². The highest BCUT2D eigenvalue weighted by Gasteiger charge is 2.30. The third-order valence-electron chi connectivity index (χ3n) is 7.27. The van der Waals surface area contributed by atoms with Gasteiger partial charge < -0.3 is 14.6 Å². The lowest BCUT2D eigenvalue weighted by Gasteiger charge is -2.32. The lowest BCUT2D eigenvalue weighted by atomic mass is 9.87. The molecule has 0 aliphatic carbocycles. The maximum Gasteiger partial charge on any atom is 0.201 e. The van der Waals surface area contributed by atoms with Gasteiger partial charge in [0.2, 0.25) is 5.82 Å². The van der Waals surface area contributed by atoms with Crippen LogP contribution >= 0.6 is 0 Å². The van der Waals surface area contributed by atoms with Crippen molar-refractivity contribution in [1.29, 1.82) is 0 Å². The van der Waals surface area contributed by atoms with E-state index in [2.05, 4.69) is 6.92 Å². The van der Waals surface area contributed by atoms with Gasteiger partial charge in [-0.3, -0.25) is 0 Å². The highest BCUT2D eigenvalue weighted by atomic mass is 19.2. The molecule has 0 radical (unpaired) electrons. The molecular formula is C32H34F4O3. The zero-order chi connectivity index (χ0) is 27.9. The fourth-order valence-electron chi connectivity index (χ4n) is 4.95. The fourth-order valence-corrected chi connectivity index (χ4v) is 4.95. The topological polar surface area (TPSA) is 38.7 Å². The molecule has 1 heterocycles. The van der Waals surface area contributed by atoms with Gasteiger partial charge in [0, 0.05) is 17.0 Å². The number of rotatable bonds is 10. The van der Waals surface area contributed by atoms with Crippen LogP contribution in [0.3, 0.4) is 0 Å². The number of aliphatic hydroxyl groups is 1. The molecular weight excluding hydrogens is 508 g/mol. The third kappa shape index (κ3) is 6.53. The number of hydrogen-bond donors (Lipinski definition) is 1. The van der Waals surface area contributed by atoms with Crippen LogP contribution in [0.15, 0.2) is 60.7 Å². The van der Waals surface area contributed by atoms with E-state index < -0.39 is 29.4 Å². The number of benzene rings is 3. The molecule has 3 unspecified atom stereocenters. The standard InChI is InChI=1S/C32H34F4O3/c1-3-5-7-26(37)27-16-12-22(19-39-27)25-14-13-23(29(33)30(25)34)20-8-10-21(11-9-20)24-15-17-28(32(36)31(24)35)38-18-6-4-2/h4,6,8-11,13-15,17,22,26-27,37H,3,5,7,12,16,18-19H2,1-2H3/b6-4+. The lowest BCUT2D eigenvalue weighted by molar-refractivity contribution is -0.0721. The van der Waals surface area contributed by atoms with Crippen LogP contribution in [0.1, 0.15) is 57.4 Å². The van der Waals surface area contributed by atoms with Crippen LogP contribution in [-0.2, 0) is 4.74 Å². The summed E-state index contributed by atoms with van der Waals surface area (Å²) in [4.78, 5) is 0. The van der Waals surface area contributed by atoms with Gasteiger partial charge in [-0.25, -0.2) is 13.2 Å². The number of aliphatic hydroxyl groups excluding tert-OH is 1. The maximum atomic E-state index is 15.2. The van der Waals surface area contributed by atoms with Crippen LogP contribution in [-0.4, -0.2) is 30.5 Å². The Balaban J connectivity index is 1.48. The number of ether oxygens (including phenoxy) is 2. The van der Waals surface area contributed by atoms with Crippen molar-refractivity contribution in [2.75, 3.05) is 13.2 Å². The molecule has 1 N–H and O–H groups in total. The molecule has 0 saturated carbocycles. The number of allylic oxidation sites excluding steroid dienone is 1. The Bertz CT molecular complexity index is 1280. The Morgan fingerprint density at radius 3 is 2.13 bits per heavy atom. The fraction of sp³-hybridized carbons (Fsp3) is 0.375. The van der Waals surface area contributed by atoms with Gasteiger partial charge in [-0.05, 0) is 55.0 Å². The Kier molecular flexibility index (Phi) is 9.81. The third-order valence-corrected chi connectivity index (χ3v) is 7.27. The zero-order valence-electron chi connectivity index (χ0n) is 22.2. The molecule has 208 valence electrons. The van der Waals surface area contributed by atoms with Crippen LogP contribution < -0.4 is 4.74 Å². The summed E-state index contributed by atoms with van der Waals surface area (Å²) in [5, 5.41) is 10.3. The summed E-state index contributed by atoms with van der Waals surface area (Å²) in [5.74, 6) is -4.50. The molecule has 4 rings (SSSR count). The lowest BCUT2D eigenvalue weighted by Crippen LogP contribution is -2.35. The van der Waals surface area contributed by atoms with Crippen molar-refractivity contribution < 1.29 is 32.1 Å². The highest BCUT2D eigenvalue weighted by molar-refractivity contribution is 5.72. The van der Waals surface area contributed by atoms with Crippen molar-refractivity contribution in [3.05, 3.63) is 89.5 Å². The summed E-state index contributed by atoms with van der Waals surface area (Å²) in [5.41, 5.74) is 1.17. The summed E-state index contributed by atoms with van der Waals surface area (Å²) in [7, 11) is 0. The summed E-state index contributed by atoms with van der Waals surface area (Å²) in [6, 6.07) is 12.1. The van der Waals surface area contributed by atoms with Crippen molar-refractivity contribution in [2.24, 2.45) is 0 Å². The van der Waals surface area contributed by atoms with Crippen molar-refractivity contribution in [1.82, 2.24) is 0 Å². The molecule has 3 nitrogen and oxygen atoms in total. The average molecular weight is 543 g/mol. The monoisotopic (exact) mass is 542 g/mol. The first-order valence-electron chi connectivity index (χ1n) is 13.5. The first-order valence-corrected chi connectivity index (χ1v) is 13.5. The van der Waals surface area contributed by atoms with Crippen molar-refractivity contribution in [3.63, 3.8) is 0 Å². The molecule has 7 heteroatoms. The second kappa shape index (κ2) is 13.3. The van der Waals surface area contributed by atoms with Crippen LogP contribution in [0.5, 0.6) is 5.75 Å². The summed E-state index contributed by atoms with van der Waals surface area (Å²) in [6.07, 6.45) is 6.35. The van der Waals surface area contributed by atoms with Crippen molar-refractivity contribution in [2.45, 2.75) is 64.1 Å². The van der Waals surface area contributed by atoms with Crippen molar-refractivity contribution >= 4 is 0 Å². The molecule has 1 aliphatic heterocycles. The molecule has 3 atom stereocenters. The number of hydrogen-bond acceptors (Lipinski definition) is 3. The molecule has 39 heavy (non-hydrogen) atoms. The second-order valence-corrected chi connectivity index (χ2v) is 9.88. The maximum absolute atomic E-state index is 15.2. The van der Waals surface area contributed by atoms with E-state index in [9.17, 15) is 13.9 Å². The van der Waals surface area contributed by atoms with Gasteiger partial charge in [-0.15, -0.1) is 0 Å². The molecule has 0 aromatic heterocycles. The summed E-state index contributed by atoms with van der Waals surface area (Å²) in [6.45, 7) is 4.20. The molecule has 0 spiro atoms. The molecule has 0 bridgehead atoms. The molecule has 3 aromatic carbocycles. The number of unbranched alkanes of at least 4 members (excludes halogenated alkanes) is 1. The van der Waals surface area contributed by atoms with Gasteiger partial charge in [0.25, 0.3) is 0 Å². The van der Waals surface area contributed by atoms with Gasteiger partial charge in [0.05, 0.1) is 18.8 Å². The summed E-state index contributed by atoms with van der Waals surface area (Å²) >= 11 is 0. The Labute approximate surface area is 227 Å². The zero-order valence-corrected chi connectivity index (χ0v) is 22.2. The minimum absolute atomic E-state index is 0.0369. The second-order valence-electron chi connectivity index (χ2n) is 9.88. The Morgan fingerprint density at radius 1 is 0.897 bits per heavy atom. The molecule has 1 fully saturated rings. The predicted octanol–water partition coefficient (Wildman–Crippen LogP) is 8.35. The van der Waals surface area contributed by atoms with E-state index in [4.69, 9.17) is 9.47 Å². The average Bonchev–Trinajstić information content (AvgIpc) is 2.96. The van der Waals surface area contributed by atoms with E-state index in [1.807, 2.05) is 0 Å². The predicted molar refractivity (Wildman–Crippen MR) is 145 cm³/mol. The first kappa shape index (κ1) is 28.8. The summed E-state index contributed by atoms with van der Waals surface area (Å²) < 4.78 is 70.6. The quantitative estimate of drug-likeness (QED) is 0.207. The van der Waals surface area contributed by atoms with Crippen LogP contribution in [0.2, 0.25) is 0 Å². The first-order chi connectivity index (χ1) is 18.8. The molecule has 3 aromatic rings. The Morgan fingerprint density at radius 2 is 1.54 bits per heavy atom. The van der Waals surface area contributed by atoms with E-state index in [0.717, 1.165) is 12.8 Å². The van der Waals surface area contributed by atoms with Gasteiger partial charge in [0.1, 0.15) is 6.61 Å². The Hall–Kier alpha value is -3.16. The molecule has 0 amide bonds. The van der Waals surface area contributed by atoms with Gasteiger partial charge in [-0.1, -0.05) is 68.3 Å². The van der Waals surface area contributed by atoms with Gasteiger partial charge >= 0.3 is 0 Å². The molecule has 1 saturated heterocycles. The van der Waals surface area contributed by atoms with Gasteiger partial charge in [-0.2, -0.15) is 4.39 Å². The van der Waals surface area contributed by atoms with Crippen LogP contribution in [0.25, 0.3) is 22.3 Å². The number of halogens is 4. The van der Waals surface area contributed by atoms with Crippen LogP contribution in [0.4, 0.5) is 17.6 Å². The highest BCUT2D eigenvalue weighted by Crippen LogP contribution is 2.36. The van der Waals surface area contributed by atoms with E-state index in [-0.39, 0.29) is 47.7 Å². The van der Waals surface area contributed by atoms with E-state index in [1.54, 1.807) is 37.3 Å². The minimum Gasteiger partial charge on any atom is -0.486 e. The molecule has 1 aliphatic rings. The largest absolute Gasteiger partial charge is 0.486 e. The SMILES string of the molecule is C/C=C/COc1ccc(-c2ccc(-c3ccc(C4CCC(C(O)CCCC)OC4)c(F)c3F)cc2)c(F)c1F. The minimum atomic E-state index is -1.08. The van der Waals surface area contributed by atoms with Crippen molar-refractivity contribution in [3.8, 4) is 28.0 Å². The van der Waals surface area contributed by atoms with Crippen LogP contribution in [0, 0.1) is 23.3 Å².